The lowest BCUT2D eigenvalue weighted by Crippen LogP contribution is -1.95. The molecule has 0 radical (unpaired) electrons. The summed E-state index contributed by atoms with van der Waals surface area (Å²) in [5.74, 6) is 0.0956. The van der Waals surface area contributed by atoms with Crippen LogP contribution in [0.15, 0.2) is 47.6 Å². The van der Waals surface area contributed by atoms with Crippen molar-refractivity contribution in [3.8, 4) is 22.9 Å². The standard InChI is InChI=1S/C15H11ClN4O2S/c16-11-3-1-2-10(7-11)14-18-19-15(23)20(14)17-8-9-4-5-12(21)13(22)6-9/h1-8,21-22H,(H,19,23)/b17-8-. The van der Waals surface area contributed by atoms with Gasteiger partial charge in [0.1, 0.15) is 0 Å². The number of hydrogen-bond acceptors (Lipinski definition) is 5. The molecule has 0 aliphatic heterocycles. The van der Waals surface area contributed by atoms with E-state index in [1.807, 2.05) is 12.1 Å². The molecule has 6 nitrogen and oxygen atoms in total. The maximum absolute atomic E-state index is 9.50. The van der Waals surface area contributed by atoms with Gasteiger partial charge in [-0.05, 0) is 48.1 Å². The third-order valence-corrected chi connectivity index (χ3v) is 3.55. The Balaban J connectivity index is 2.00. The molecule has 3 rings (SSSR count). The van der Waals surface area contributed by atoms with Gasteiger partial charge in [0.15, 0.2) is 17.3 Å². The first-order chi connectivity index (χ1) is 11.0. The molecule has 1 aromatic heterocycles. The molecule has 0 bridgehead atoms. The molecule has 116 valence electrons. The maximum Gasteiger partial charge on any atom is 0.216 e. The second-order valence-corrected chi connectivity index (χ2v) is 5.49. The summed E-state index contributed by atoms with van der Waals surface area (Å²) in [4.78, 5) is 0. The zero-order valence-electron chi connectivity index (χ0n) is 11.6. The van der Waals surface area contributed by atoms with Crippen LogP contribution in [0.5, 0.6) is 11.5 Å². The number of phenolic OH excluding ortho intramolecular Hbond substituents is 2. The molecule has 0 fully saturated rings. The van der Waals surface area contributed by atoms with Gasteiger partial charge < -0.3 is 10.2 Å². The molecular formula is C15H11ClN4O2S. The van der Waals surface area contributed by atoms with E-state index < -0.39 is 0 Å². The lowest BCUT2D eigenvalue weighted by Gasteiger charge is -2.02. The van der Waals surface area contributed by atoms with Crippen molar-refractivity contribution in [2.24, 2.45) is 5.10 Å². The summed E-state index contributed by atoms with van der Waals surface area (Å²) in [6, 6.07) is 11.5. The molecule has 3 aromatic rings. The smallest absolute Gasteiger partial charge is 0.216 e. The Kier molecular flexibility index (Phi) is 4.14. The van der Waals surface area contributed by atoms with Crippen LogP contribution in [0.4, 0.5) is 0 Å². The predicted molar refractivity (Wildman–Crippen MR) is 90.6 cm³/mol. The Labute approximate surface area is 141 Å². The summed E-state index contributed by atoms with van der Waals surface area (Å²) >= 11 is 11.2. The van der Waals surface area contributed by atoms with Crippen LogP contribution < -0.4 is 0 Å². The molecule has 3 N–H and O–H groups in total. The Morgan fingerprint density at radius 2 is 2.00 bits per heavy atom. The topological polar surface area (TPSA) is 86.4 Å². The molecular weight excluding hydrogens is 336 g/mol. The highest BCUT2D eigenvalue weighted by Crippen LogP contribution is 2.24. The number of nitrogens with one attached hydrogen (secondary N) is 1. The van der Waals surface area contributed by atoms with E-state index in [-0.39, 0.29) is 11.5 Å². The van der Waals surface area contributed by atoms with Crippen LogP contribution in [-0.2, 0) is 0 Å². The molecule has 1 heterocycles. The second-order valence-electron chi connectivity index (χ2n) is 4.67. The highest BCUT2D eigenvalue weighted by atomic mass is 35.5. The van der Waals surface area contributed by atoms with Crippen molar-refractivity contribution in [3.63, 3.8) is 0 Å². The van der Waals surface area contributed by atoms with Crippen LogP contribution >= 0.6 is 23.8 Å². The average Bonchev–Trinajstić information content (AvgIpc) is 2.89. The van der Waals surface area contributed by atoms with Crippen molar-refractivity contribution in [1.82, 2.24) is 14.9 Å². The van der Waals surface area contributed by atoms with E-state index in [4.69, 9.17) is 23.8 Å². The van der Waals surface area contributed by atoms with Gasteiger partial charge in [0.05, 0.1) is 6.21 Å². The van der Waals surface area contributed by atoms with Gasteiger partial charge in [-0.3, -0.25) is 0 Å². The van der Waals surface area contributed by atoms with Crippen LogP contribution in [0, 0.1) is 4.77 Å². The van der Waals surface area contributed by atoms with Gasteiger partial charge in [0.25, 0.3) is 0 Å². The number of rotatable bonds is 3. The van der Waals surface area contributed by atoms with E-state index >= 15 is 0 Å². The monoisotopic (exact) mass is 346 g/mol. The number of benzene rings is 2. The normalized spacial score (nSPS) is 11.2. The molecule has 0 aliphatic rings. The van der Waals surface area contributed by atoms with E-state index in [0.29, 0.717) is 21.2 Å². The van der Waals surface area contributed by atoms with Crippen LogP contribution in [0.3, 0.4) is 0 Å². The second kappa shape index (κ2) is 6.23. The molecule has 0 amide bonds. The lowest BCUT2D eigenvalue weighted by atomic mass is 10.2. The zero-order valence-corrected chi connectivity index (χ0v) is 13.2. The van der Waals surface area contributed by atoms with E-state index in [1.54, 1.807) is 18.2 Å². The van der Waals surface area contributed by atoms with Crippen LogP contribution in [0.25, 0.3) is 11.4 Å². The number of H-pyrrole nitrogens is 1. The summed E-state index contributed by atoms with van der Waals surface area (Å²) in [5.41, 5.74) is 1.36. The van der Waals surface area contributed by atoms with E-state index in [1.165, 1.54) is 23.0 Å². The Morgan fingerprint density at radius 1 is 1.17 bits per heavy atom. The third kappa shape index (κ3) is 3.25. The van der Waals surface area contributed by atoms with Gasteiger partial charge in [-0.1, -0.05) is 23.7 Å². The quantitative estimate of drug-likeness (QED) is 0.384. The molecule has 0 aliphatic carbocycles. The molecule has 0 spiro atoms. The van der Waals surface area contributed by atoms with E-state index in [0.717, 1.165) is 5.56 Å². The first kappa shape index (κ1) is 15.3. The summed E-state index contributed by atoms with van der Waals surface area (Å²) < 4.78 is 1.77. The summed E-state index contributed by atoms with van der Waals surface area (Å²) in [5, 5.41) is 30.5. The molecule has 0 saturated heterocycles. The van der Waals surface area contributed by atoms with Gasteiger partial charge in [-0.15, -0.1) is 0 Å². The molecule has 0 atom stereocenters. The van der Waals surface area contributed by atoms with Crippen molar-refractivity contribution in [2.45, 2.75) is 0 Å². The molecule has 0 saturated carbocycles. The number of aromatic amines is 1. The number of nitrogens with zero attached hydrogens (tertiary/aromatic N) is 3. The highest BCUT2D eigenvalue weighted by molar-refractivity contribution is 7.71. The summed E-state index contributed by atoms with van der Waals surface area (Å²) in [7, 11) is 0. The van der Waals surface area contributed by atoms with Gasteiger partial charge in [0.2, 0.25) is 4.77 Å². The molecule has 0 unspecified atom stereocenters. The fraction of sp³-hybridized carbons (Fsp3) is 0. The number of halogens is 1. The summed E-state index contributed by atoms with van der Waals surface area (Å²) in [6.45, 7) is 0. The van der Waals surface area contributed by atoms with Gasteiger partial charge in [-0.25, -0.2) is 5.10 Å². The number of aromatic hydroxyl groups is 2. The van der Waals surface area contributed by atoms with Crippen LogP contribution in [0.2, 0.25) is 5.02 Å². The maximum atomic E-state index is 9.50. The number of aromatic nitrogens is 3. The van der Waals surface area contributed by atoms with E-state index in [9.17, 15) is 10.2 Å². The number of hydrogen-bond donors (Lipinski definition) is 3. The van der Waals surface area contributed by atoms with Crippen molar-refractivity contribution >= 4 is 30.0 Å². The number of phenols is 2. The van der Waals surface area contributed by atoms with Crippen LogP contribution in [0.1, 0.15) is 5.56 Å². The molecule has 23 heavy (non-hydrogen) atoms. The van der Waals surface area contributed by atoms with Gasteiger partial charge >= 0.3 is 0 Å². The highest BCUT2D eigenvalue weighted by Gasteiger charge is 2.08. The zero-order chi connectivity index (χ0) is 16.4. The largest absolute Gasteiger partial charge is 0.504 e. The Bertz CT molecular complexity index is 949. The minimum absolute atomic E-state index is 0.193. The third-order valence-electron chi connectivity index (χ3n) is 3.06. The fourth-order valence-corrected chi connectivity index (χ4v) is 2.33. The van der Waals surface area contributed by atoms with Crippen molar-refractivity contribution in [1.29, 1.82) is 0 Å². The fourth-order valence-electron chi connectivity index (χ4n) is 1.96. The van der Waals surface area contributed by atoms with Gasteiger partial charge in [-0.2, -0.15) is 14.9 Å². The van der Waals surface area contributed by atoms with Crippen molar-refractivity contribution in [3.05, 3.63) is 57.8 Å². The van der Waals surface area contributed by atoms with Gasteiger partial charge in [0, 0.05) is 10.6 Å². The minimum atomic E-state index is -0.222. The van der Waals surface area contributed by atoms with Crippen molar-refractivity contribution in [2.75, 3.05) is 0 Å². The van der Waals surface area contributed by atoms with Crippen molar-refractivity contribution < 1.29 is 10.2 Å². The Morgan fingerprint density at radius 3 is 2.74 bits per heavy atom. The molecule has 8 heteroatoms. The Hall–Kier alpha value is -2.64. The first-order valence-corrected chi connectivity index (χ1v) is 7.33. The SMILES string of the molecule is Oc1ccc(/C=N\n2c(-c3cccc(Cl)c3)n[nH]c2=S)cc1O. The lowest BCUT2D eigenvalue weighted by molar-refractivity contribution is 0.403. The first-order valence-electron chi connectivity index (χ1n) is 6.54. The molecule has 2 aromatic carbocycles. The minimum Gasteiger partial charge on any atom is -0.504 e. The van der Waals surface area contributed by atoms with Crippen LogP contribution in [-0.4, -0.2) is 31.3 Å². The predicted octanol–water partition coefficient (Wildman–Crippen LogP) is 3.55. The van der Waals surface area contributed by atoms with E-state index in [2.05, 4.69) is 15.3 Å². The average molecular weight is 347 g/mol. The summed E-state index contributed by atoms with van der Waals surface area (Å²) in [6.07, 6.45) is 1.50.